The van der Waals surface area contributed by atoms with Crippen LogP contribution in [0.1, 0.15) is 96.8 Å². The molecule has 1 aliphatic heterocycles. The van der Waals surface area contributed by atoms with Crippen LogP contribution in [-0.4, -0.2) is 66.1 Å². The standard InChI is InChI=1S/C27H47Cl2FN2O2/c1-2-21-8-3-10-23(18-21)34-17-7-14-31-20-27(30)12-5-15-32(16-6-13-27)26(33)22-9-4-11-24(28)25(29)19-22/h21-25,31H,2-20H2,1H3/t21?,22?,23-,24-,25?/m1/s1. The molecule has 3 fully saturated rings. The van der Waals surface area contributed by atoms with E-state index >= 15 is 4.39 Å². The summed E-state index contributed by atoms with van der Waals surface area (Å²) < 4.78 is 21.6. The van der Waals surface area contributed by atoms with E-state index in [-0.39, 0.29) is 22.6 Å². The first-order chi connectivity index (χ1) is 16.4. The van der Waals surface area contributed by atoms with Crippen LogP contribution in [0.15, 0.2) is 0 Å². The third-order valence-corrected chi connectivity index (χ3v) is 9.44. The molecule has 2 aliphatic carbocycles. The molecule has 1 heterocycles. The van der Waals surface area contributed by atoms with E-state index in [2.05, 4.69) is 12.2 Å². The Morgan fingerprint density at radius 1 is 1.03 bits per heavy atom. The molecule has 0 bridgehead atoms. The number of likely N-dealkylation sites (tertiary alicyclic amines) is 1. The molecule has 1 saturated heterocycles. The van der Waals surface area contributed by atoms with Gasteiger partial charge >= 0.3 is 0 Å². The molecule has 0 aromatic carbocycles. The number of alkyl halides is 3. The Morgan fingerprint density at radius 2 is 1.76 bits per heavy atom. The third-order valence-electron chi connectivity index (χ3n) is 8.31. The number of hydrogen-bond acceptors (Lipinski definition) is 3. The molecule has 198 valence electrons. The van der Waals surface area contributed by atoms with Crippen LogP contribution in [0.4, 0.5) is 4.39 Å². The average molecular weight is 522 g/mol. The van der Waals surface area contributed by atoms with Crippen LogP contribution >= 0.6 is 23.2 Å². The Balaban J connectivity index is 1.31. The average Bonchev–Trinajstić information content (AvgIpc) is 2.99. The molecule has 0 radical (unpaired) electrons. The molecule has 2 saturated carbocycles. The number of carbonyl (C=O) groups is 1. The first kappa shape index (κ1) is 28.5. The number of halogens is 3. The zero-order valence-electron chi connectivity index (χ0n) is 21.2. The molecular formula is C27H47Cl2FN2O2. The minimum Gasteiger partial charge on any atom is -0.378 e. The van der Waals surface area contributed by atoms with Crippen LogP contribution in [0.3, 0.4) is 0 Å². The summed E-state index contributed by atoms with van der Waals surface area (Å²) in [5.41, 5.74) is -1.18. The maximum absolute atomic E-state index is 15.5. The van der Waals surface area contributed by atoms with Crippen molar-refractivity contribution in [2.45, 2.75) is 119 Å². The molecule has 0 aromatic heterocycles. The highest BCUT2D eigenvalue weighted by atomic mass is 35.5. The molecule has 1 N–H and O–H groups in total. The predicted molar refractivity (Wildman–Crippen MR) is 140 cm³/mol. The van der Waals surface area contributed by atoms with E-state index in [4.69, 9.17) is 27.9 Å². The molecule has 3 unspecified atom stereocenters. The Morgan fingerprint density at radius 3 is 2.50 bits per heavy atom. The second kappa shape index (κ2) is 14.6. The van der Waals surface area contributed by atoms with E-state index in [0.717, 1.165) is 44.8 Å². The summed E-state index contributed by atoms with van der Waals surface area (Å²) in [4.78, 5) is 15.1. The highest BCUT2D eigenvalue weighted by Crippen LogP contribution is 2.33. The van der Waals surface area contributed by atoms with Crippen LogP contribution in [0.25, 0.3) is 0 Å². The number of rotatable bonds is 9. The SMILES string of the molecule is CCC1CCC[C@@H](OCCCNCC2(F)CCCN(C(=O)C3CCC[C@@H](Cl)C(Cl)C3)CCC2)C1. The summed E-state index contributed by atoms with van der Waals surface area (Å²) in [6.45, 7) is 5.52. The number of hydrogen-bond donors (Lipinski definition) is 1. The van der Waals surface area contributed by atoms with E-state index in [9.17, 15) is 4.79 Å². The topological polar surface area (TPSA) is 41.6 Å². The minimum atomic E-state index is -1.18. The summed E-state index contributed by atoms with van der Waals surface area (Å²) >= 11 is 12.7. The van der Waals surface area contributed by atoms with E-state index in [1.807, 2.05) is 4.90 Å². The van der Waals surface area contributed by atoms with Crippen LogP contribution in [0, 0.1) is 11.8 Å². The number of ether oxygens (including phenoxy) is 1. The molecule has 1 amide bonds. The lowest BCUT2D eigenvalue weighted by atomic mass is 9.85. The maximum Gasteiger partial charge on any atom is 0.225 e. The van der Waals surface area contributed by atoms with Gasteiger partial charge in [-0.15, -0.1) is 23.2 Å². The van der Waals surface area contributed by atoms with Gasteiger partial charge in [0.15, 0.2) is 0 Å². The zero-order chi connectivity index (χ0) is 24.4. The first-order valence-corrected chi connectivity index (χ1v) is 14.9. The second-order valence-corrected chi connectivity index (χ2v) is 12.2. The van der Waals surface area contributed by atoms with Gasteiger partial charge in [0.25, 0.3) is 0 Å². The lowest BCUT2D eigenvalue weighted by Gasteiger charge is -2.34. The molecule has 3 aliphatic rings. The summed E-state index contributed by atoms with van der Waals surface area (Å²) in [6, 6.07) is 0. The lowest BCUT2D eigenvalue weighted by Crippen LogP contribution is -2.44. The van der Waals surface area contributed by atoms with Crippen molar-refractivity contribution in [3.05, 3.63) is 0 Å². The molecule has 3 rings (SSSR count). The van der Waals surface area contributed by atoms with Gasteiger partial charge in [0.05, 0.1) is 11.5 Å². The zero-order valence-corrected chi connectivity index (χ0v) is 22.7. The van der Waals surface area contributed by atoms with E-state index in [1.54, 1.807) is 0 Å². The fourth-order valence-electron chi connectivity index (χ4n) is 6.09. The van der Waals surface area contributed by atoms with Crippen LogP contribution in [0.5, 0.6) is 0 Å². The number of nitrogens with zero attached hydrogens (tertiary/aromatic N) is 1. The van der Waals surface area contributed by atoms with Crippen molar-refractivity contribution >= 4 is 29.1 Å². The normalized spacial score (nSPS) is 33.1. The van der Waals surface area contributed by atoms with Gasteiger partial charge in [-0.1, -0.05) is 32.6 Å². The van der Waals surface area contributed by atoms with E-state index in [1.165, 1.54) is 32.1 Å². The van der Waals surface area contributed by atoms with Crippen LogP contribution in [-0.2, 0) is 9.53 Å². The van der Waals surface area contributed by atoms with Gasteiger partial charge in [-0.3, -0.25) is 4.79 Å². The summed E-state index contributed by atoms with van der Waals surface area (Å²) in [7, 11) is 0. The van der Waals surface area contributed by atoms with Crippen molar-refractivity contribution in [3.8, 4) is 0 Å². The maximum atomic E-state index is 15.5. The number of nitrogens with one attached hydrogen (secondary N) is 1. The van der Waals surface area contributed by atoms with Gasteiger partial charge in [0.2, 0.25) is 5.91 Å². The van der Waals surface area contributed by atoms with Crippen molar-refractivity contribution in [2.75, 3.05) is 32.8 Å². The summed E-state index contributed by atoms with van der Waals surface area (Å²) in [5, 5.41) is 3.16. The van der Waals surface area contributed by atoms with Gasteiger partial charge in [0.1, 0.15) is 5.67 Å². The fourth-order valence-corrected chi connectivity index (χ4v) is 6.69. The second-order valence-electron chi connectivity index (χ2n) is 11.0. The highest BCUT2D eigenvalue weighted by Gasteiger charge is 2.35. The molecular weight excluding hydrogens is 474 g/mol. The molecule has 5 atom stereocenters. The molecule has 7 heteroatoms. The number of carbonyl (C=O) groups excluding carboxylic acids is 1. The first-order valence-electron chi connectivity index (χ1n) is 14.0. The smallest absolute Gasteiger partial charge is 0.225 e. The largest absolute Gasteiger partial charge is 0.378 e. The van der Waals surface area contributed by atoms with Crippen LogP contribution in [0.2, 0.25) is 0 Å². The van der Waals surface area contributed by atoms with E-state index < -0.39 is 5.67 Å². The van der Waals surface area contributed by atoms with Crippen molar-refractivity contribution < 1.29 is 13.9 Å². The van der Waals surface area contributed by atoms with Gasteiger partial charge in [0, 0.05) is 37.5 Å². The highest BCUT2D eigenvalue weighted by molar-refractivity contribution is 6.30. The van der Waals surface area contributed by atoms with E-state index in [0.29, 0.717) is 57.8 Å². The van der Waals surface area contributed by atoms with Gasteiger partial charge in [-0.05, 0) is 76.7 Å². The Labute approximate surface area is 217 Å². The van der Waals surface area contributed by atoms with Crippen molar-refractivity contribution in [2.24, 2.45) is 11.8 Å². The molecule has 0 aromatic rings. The number of amides is 1. The molecule has 34 heavy (non-hydrogen) atoms. The molecule has 0 spiro atoms. The minimum absolute atomic E-state index is 0.0360. The van der Waals surface area contributed by atoms with Gasteiger partial charge < -0.3 is 15.0 Å². The van der Waals surface area contributed by atoms with Crippen molar-refractivity contribution in [1.82, 2.24) is 10.2 Å². The third kappa shape index (κ3) is 9.09. The van der Waals surface area contributed by atoms with Gasteiger partial charge in [-0.25, -0.2) is 4.39 Å². The van der Waals surface area contributed by atoms with Crippen LogP contribution < -0.4 is 5.32 Å². The monoisotopic (exact) mass is 520 g/mol. The quantitative estimate of drug-likeness (QED) is 0.215. The predicted octanol–water partition coefficient (Wildman–Crippen LogP) is 6.47. The Hall–Kier alpha value is -0.100. The van der Waals surface area contributed by atoms with Crippen molar-refractivity contribution in [3.63, 3.8) is 0 Å². The summed E-state index contributed by atoms with van der Waals surface area (Å²) in [5.74, 6) is 0.992. The van der Waals surface area contributed by atoms with Gasteiger partial charge in [-0.2, -0.15) is 0 Å². The Kier molecular flexibility index (Phi) is 12.2. The summed E-state index contributed by atoms with van der Waals surface area (Å²) in [6.07, 6.45) is 13.4. The van der Waals surface area contributed by atoms with Crippen molar-refractivity contribution in [1.29, 1.82) is 0 Å². The lowest BCUT2D eigenvalue weighted by molar-refractivity contribution is -0.136. The molecule has 4 nitrogen and oxygen atoms in total. The Bertz CT molecular complexity index is 601. The fraction of sp³-hybridized carbons (Fsp3) is 0.963.